The van der Waals surface area contributed by atoms with E-state index in [2.05, 4.69) is 10.6 Å². The number of methoxy groups -OCH3 is 1. The van der Waals surface area contributed by atoms with E-state index < -0.39 is 0 Å². The van der Waals surface area contributed by atoms with Crippen molar-refractivity contribution in [2.45, 2.75) is 6.10 Å². The molecule has 1 atom stereocenters. The first-order valence-corrected chi connectivity index (χ1v) is 5.68. The molecule has 0 saturated heterocycles. The Hall–Kier alpha value is -1.95. The highest BCUT2D eigenvalue weighted by Gasteiger charge is 2.20. The number of para-hydroxylation sites is 2. The molecule has 2 N–H and O–H groups in total. The highest BCUT2D eigenvalue weighted by molar-refractivity contribution is 5.73. The Morgan fingerprint density at radius 1 is 1.39 bits per heavy atom. The van der Waals surface area contributed by atoms with Crippen LogP contribution in [-0.4, -0.2) is 39.1 Å². The number of ether oxygens (including phenoxy) is 3. The van der Waals surface area contributed by atoms with Crippen molar-refractivity contribution in [3.05, 3.63) is 24.3 Å². The van der Waals surface area contributed by atoms with Crippen molar-refractivity contribution >= 4 is 6.03 Å². The highest BCUT2D eigenvalue weighted by Crippen LogP contribution is 2.30. The van der Waals surface area contributed by atoms with Crippen molar-refractivity contribution in [2.75, 3.05) is 27.0 Å². The Morgan fingerprint density at radius 2 is 2.17 bits per heavy atom. The Kier molecular flexibility index (Phi) is 4.25. The number of fused-ring (bicyclic) bond motifs is 1. The quantitative estimate of drug-likeness (QED) is 0.775. The number of amides is 2. The molecule has 0 spiro atoms. The van der Waals surface area contributed by atoms with Crippen LogP contribution >= 0.6 is 0 Å². The maximum Gasteiger partial charge on any atom is 0.316 e. The maximum absolute atomic E-state index is 11.3. The first kappa shape index (κ1) is 12.5. The molecular formula is C12H16N2O4. The van der Waals surface area contributed by atoms with Crippen molar-refractivity contribution in [1.82, 2.24) is 10.6 Å². The number of hydrogen-bond acceptors (Lipinski definition) is 4. The van der Waals surface area contributed by atoms with Gasteiger partial charge in [0.2, 0.25) is 0 Å². The third-order valence-electron chi connectivity index (χ3n) is 2.43. The van der Waals surface area contributed by atoms with Gasteiger partial charge in [0.1, 0.15) is 13.3 Å². The van der Waals surface area contributed by atoms with E-state index in [9.17, 15) is 4.79 Å². The molecule has 0 aromatic heterocycles. The molecule has 2 rings (SSSR count). The van der Waals surface area contributed by atoms with Crippen LogP contribution in [-0.2, 0) is 4.74 Å². The molecule has 1 heterocycles. The minimum Gasteiger partial charge on any atom is -0.486 e. The van der Waals surface area contributed by atoms with Gasteiger partial charge in [0.05, 0.1) is 6.54 Å². The summed E-state index contributed by atoms with van der Waals surface area (Å²) in [6, 6.07) is 7.17. The fourth-order valence-electron chi connectivity index (χ4n) is 1.57. The second-order valence-corrected chi connectivity index (χ2v) is 3.82. The summed E-state index contributed by atoms with van der Waals surface area (Å²) in [6.07, 6.45) is -0.187. The molecule has 1 aliphatic heterocycles. The van der Waals surface area contributed by atoms with E-state index in [4.69, 9.17) is 14.2 Å². The molecule has 18 heavy (non-hydrogen) atoms. The number of benzene rings is 1. The van der Waals surface area contributed by atoms with Gasteiger partial charge in [-0.1, -0.05) is 12.1 Å². The van der Waals surface area contributed by atoms with Crippen LogP contribution < -0.4 is 20.1 Å². The van der Waals surface area contributed by atoms with Crippen LogP contribution in [0.25, 0.3) is 0 Å². The fourth-order valence-corrected chi connectivity index (χ4v) is 1.57. The van der Waals surface area contributed by atoms with Crippen molar-refractivity contribution in [1.29, 1.82) is 0 Å². The lowest BCUT2D eigenvalue weighted by molar-refractivity contribution is 0.0912. The molecule has 0 radical (unpaired) electrons. The summed E-state index contributed by atoms with van der Waals surface area (Å²) in [7, 11) is 1.51. The van der Waals surface area contributed by atoms with Gasteiger partial charge in [-0.3, -0.25) is 0 Å². The van der Waals surface area contributed by atoms with Gasteiger partial charge in [0.25, 0.3) is 0 Å². The summed E-state index contributed by atoms with van der Waals surface area (Å²) in [6.45, 7) is 0.974. The Balaban J connectivity index is 1.78. The SMILES string of the molecule is COCNC(=O)NCC1COc2ccccc2O1. The number of carbonyl (C=O) groups is 1. The number of hydrogen-bond donors (Lipinski definition) is 2. The van der Waals surface area contributed by atoms with E-state index in [1.54, 1.807) is 0 Å². The Morgan fingerprint density at radius 3 is 2.94 bits per heavy atom. The van der Waals surface area contributed by atoms with Crippen LogP contribution in [0.4, 0.5) is 4.79 Å². The molecule has 0 aliphatic carbocycles. The smallest absolute Gasteiger partial charge is 0.316 e. The lowest BCUT2D eigenvalue weighted by Crippen LogP contribution is -2.44. The zero-order valence-electron chi connectivity index (χ0n) is 10.1. The number of urea groups is 1. The molecule has 1 unspecified atom stereocenters. The Bertz CT molecular complexity index is 411. The second-order valence-electron chi connectivity index (χ2n) is 3.82. The monoisotopic (exact) mass is 252 g/mol. The number of rotatable bonds is 4. The van der Waals surface area contributed by atoms with Gasteiger partial charge < -0.3 is 24.8 Å². The molecule has 1 aliphatic rings. The van der Waals surface area contributed by atoms with E-state index in [1.165, 1.54) is 7.11 Å². The summed E-state index contributed by atoms with van der Waals surface area (Å²) in [5.74, 6) is 1.44. The number of nitrogens with one attached hydrogen (secondary N) is 2. The summed E-state index contributed by atoms with van der Waals surface area (Å²) >= 11 is 0. The van der Waals surface area contributed by atoms with Crippen LogP contribution in [0.1, 0.15) is 0 Å². The van der Waals surface area contributed by atoms with Gasteiger partial charge in [0.15, 0.2) is 17.6 Å². The Labute approximate surface area is 105 Å². The van der Waals surface area contributed by atoms with Crippen molar-refractivity contribution in [3.8, 4) is 11.5 Å². The summed E-state index contributed by atoms with van der Waals surface area (Å²) in [5, 5.41) is 5.21. The first-order valence-electron chi connectivity index (χ1n) is 5.68. The standard InChI is InChI=1S/C12H16N2O4/c1-16-8-14-12(15)13-6-9-7-17-10-4-2-3-5-11(10)18-9/h2-5,9H,6-8H2,1H3,(H2,13,14,15). The lowest BCUT2D eigenvalue weighted by atomic mass is 10.2. The third kappa shape index (κ3) is 3.27. The van der Waals surface area contributed by atoms with Crippen LogP contribution in [0, 0.1) is 0 Å². The van der Waals surface area contributed by atoms with Crippen LogP contribution in [0.5, 0.6) is 11.5 Å². The second kappa shape index (κ2) is 6.11. The molecule has 1 aromatic rings. The zero-order chi connectivity index (χ0) is 12.8. The molecule has 2 amide bonds. The maximum atomic E-state index is 11.3. The molecular weight excluding hydrogens is 236 g/mol. The minimum atomic E-state index is -0.292. The van der Waals surface area contributed by atoms with Crippen LogP contribution in [0.3, 0.4) is 0 Å². The normalized spacial score (nSPS) is 17.1. The van der Waals surface area contributed by atoms with E-state index >= 15 is 0 Å². The molecule has 6 nitrogen and oxygen atoms in total. The summed E-state index contributed by atoms with van der Waals surface area (Å²) in [4.78, 5) is 11.3. The minimum absolute atomic E-state index is 0.177. The topological polar surface area (TPSA) is 68.8 Å². The average molecular weight is 252 g/mol. The number of carbonyl (C=O) groups excluding carboxylic acids is 1. The zero-order valence-corrected chi connectivity index (χ0v) is 10.1. The molecule has 0 bridgehead atoms. The largest absolute Gasteiger partial charge is 0.486 e. The first-order chi connectivity index (χ1) is 8.79. The summed E-state index contributed by atoms with van der Waals surface area (Å²) in [5.41, 5.74) is 0. The fraction of sp³-hybridized carbons (Fsp3) is 0.417. The van der Waals surface area contributed by atoms with Gasteiger partial charge in [-0.2, -0.15) is 0 Å². The molecule has 6 heteroatoms. The van der Waals surface area contributed by atoms with E-state index in [0.29, 0.717) is 18.9 Å². The summed E-state index contributed by atoms with van der Waals surface area (Å²) < 4.78 is 15.9. The predicted molar refractivity (Wildman–Crippen MR) is 64.8 cm³/mol. The van der Waals surface area contributed by atoms with E-state index in [0.717, 1.165) is 5.75 Å². The lowest BCUT2D eigenvalue weighted by Gasteiger charge is -2.26. The van der Waals surface area contributed by atoms with E-state index in [-0.39, 0.29) is 18.9 Å². The van der Waals surface area contributed by atoms with Gasteiger partial charge in [-0.25, -0.2) is 4.79 Å². The van der Waals surface area contributed by atoms with Crippen molar-refractivity contribution in [3.63, 3.8) is 0 Å². The van der Waals surface area contributed by atoms with Crippen LogP contribution in [0.15, 0.2) is 24.3 Å². The van der Waals surface area contributed by atoms with Crippen molar-refractivity contribution in [2.24, 2.45) is 0 Å². The van der Waals surface area contributed by atoms with Crippen molar-refractivity contribution < 1.29 is 19.0 Å². The third-order valence-corrected chi connectivity index (χ3v) is 2.43. The van der Waals surface area contributed by atoms with Gasteiger partial charge >= 0.3 is 6.03 Å². The average Bonchev–Trinajstić information content (AvgIpc) is 2.42. The molecule has 0 saturated carbocycles. The molecule has 1 aromatic carbocycles. The van der Waals surface area contributed by atoms with E-state index in [1.807, 2.05) is 24.3 Å². The highest BCUT2D eigenvalue weighted by atomic mass is 16.6. The van der Waals surface area contributed by atoms with Gasteiger partial charge in [-0.05, 0) is 12.1 Å². The molecule has 98 valence electrons. The predicted octanol–water partition coefficient (Wildman–Crippen LogP) is 0.730. The van der Waals surface area contributed by atoms with Gasteiger partial charge in [0, 0.05) is 7.11 Å². The van der Waals surface area contributed by atoms with Crippen LogP contribution in [0.2, 0.25) is 0 Å². The molecule has 0 fully saturated rings. The van der Waals surface area contributed by atoms with Gasteiger partial charge in [-0.15, -0.1) is 0 Å².